The highest BCUT2D eigenvalue weighted by molar-refractivity contribution is 5.71. The fourth-order valence-electron chi connectivity index (χ4n) is 7.69. The molecule has 338 valence electrons. The molecule has 0 heterocycles. The van der Waals surface area contributed by atoms with E-state index in [1.54, 1.807) is 0 Å². The number of carbonyl (C=O) groups is 3. The van der Waals surface area contributed by atoms with E-state index in [0.717, 1.165) is 63.7 Å². The Bertz CT molecular complexity index is 857. The van der Waals surface area contributed by atoms with E-state index in [0.29, 0.717) is 19.3 Å². The Hall–Kier alpha value is -1.59. The summed E-state index contributed by atoms with van der Waals surface area (Å²) in [5, 5.41) is 0. The molecule has 0 saturated heterocycles. The highest BCUT2D eigenvalue weighted by Gasteiger charge is 2.19. The van der Waals surface area contributed by atoms with Crippen molar-refractivity contribution in [2.45, 2.75) is 291 Å². The molecule has 1 atom stereocenters. The summed E-state index contributed by atoms with van der Waals surface area (Å²) in [4.78, 5) is 37.9. The summed E-state index contributed by atoms with van der Waals surface area (Å²) in [6.45, 7) is 9.01. The fourth-order valence-corrected chi connectivity index (χ4v) is 7.69. The average Bonchev–Trinajstić information content (AvgIpc) is 3.19. The molecular weight excluding hydrogens is 709 g/mol. The number of unbranched alkanes of at least 4 members (excludes halogenated alkanes) is 33. The van der Waals surface area contributed by atoms with Crippen molar-refractivity contribution in [1.82, 2.24) is 0 Å². The Kier molecular flexibility index (Phi) is 44.2. The van der Waals surface area contributed by atoms with E-state index in [4.69, 9.17) is 14.2 Å². The number of hydrogen-bond donors (Lipinski definition) is 0. The van der Waals surface area contributed by atoms with Crippen LogP contribution in [-0.4, -0.2) is 37.2 Å². The number of rotatable bonds is 46. The molecule has 0 aliphatic heterocycles. The van der Waals surface area contributed by atoms with E-state index in [-0.39, 0.29) is 31.1 Å². The highest BCUT2D eigenvalue weighted by atomic mass is 16.6. The van der Waals surface area contributed by atoms with Crippen LogP contribution in [0.2, 0.25) is 0 Å². The third-order valence-corrected chi connectivity index (χ3v) is 11.5. The number of carbonyl (C=O) groups excluding carboxylic acids is 3. The van der Waals surface area contributed by atoms with Gasteiger partial charge in [0.15, 0.2) is 6.10 Å². The monoisotopic (exact) mass is 807 g/mol. The first-order valence-electron chi connectivity index (χ1n) is 25.4. The van der Waals surface area contributed by atoms with Crippen LogP contribution < -0.4 is 0 Å². The predicted octanol–water partition coefficient (Wildman–Crippen LogP) is 16.3. The molecule has 6 nitrogen and oxygen atoms in total. The Morgan fingerprint density at radius 2 is 0.579 bits per heavy atom. The van der Waals surface area contributed by atoms with Crippen molar-refractivity contribution >= 4 is 17.9 Å². The number of hydrogen-bond acceptors (Lipinski definition) is 6. The second kappa shape index (κ2) is 45.5. The Morgan fingerprint density at radius 3 is 0.860 bits per heavy atom. The molecule has 0 spiro atoms. The van der Waals surface area contributed by atoms with Crippen molar-refractivity contribution in [3.8, 4) is 0 Å². The first-order valence-corrected chi connectivity index (χ1v) is 25.4. The predicted molar refractivity (Wildman–Crippen MR) is 243 cm³/mol. The van der Waals surface area contributed by atoms with Crippen molar-refractivity contribution in [3.63, 3.8) is 0 Å². The van der Waals surface area contributed by atoms with Gasteiger partial charge in [0, 0.05) is 19.3 Å². The molecule has 0 saturated carbocycles. The van der Waals surface area contributed by atoms with Crippen LogP contribution in [0.25, 0.3) is 0 Å². The Balaban J connectivity index is 4.31. The van der Waals surface area contributed by atoms with E-state index < -0.39 is 6.10 Å². The maximum absolute atomic E-state index is 12.8. The zero-order valence-corrected chi connectivity index (χ0v) is 38.8. The molecule has 0 aliphatic carbocycles. The summed E-state index contributed by atoms with van der Waals surface area (Å²) in [5.74, 6) is -0.0298. The number of ether oxygens (including phenoxy) is 3. The van der Waals surface area contributed by atoms with Gasteiger partial charge < -0.3 is 14.2 Å². The van der Waals surface area contributed by atoms with Gasteiger partial charge in [-0.05, 0) is 25.2 Å². The highest BCUT2D eigenvalue weighted by Crippen LogP contribution is 2.17. The minimum atomic E-state index is -0.760. The van der Waals surface area contributed by atoms with Crippen LogP contribution in [0.4, 0.5) is 0 Å². The quantitative estimate of drug-likeness (QED) is 0.0346. The van der Waals surface area contributed by atoms with E-state index in [2.05, 4.69) is 27.7 Å². The third kappa shape index (κ3) is 45.3. The van der Waals surface area contributed by atoms with Gasteiger partial charge in [-0.1, -0.05) is 246 Å². The van der Waals surface area contributed by atoms with Crippen molar-refractivity contribution in [1.29, 1.82) is 0 Å². The standard InChI is InChI=1S/C51H98O6/c1-5-7-9-11-13-15-17-19-20-22-27-31-35-39-43-50(53)56-46-48(45-55-49(52)42-38-34-30-26-21-18-16-14-12-10-8-6-2)57-51(54)44-40-36-32-28-24-23-25-29-33-37-41-47(3)4/h47-48H,5-46H2,1-4H3/t48-/m1/s1. The lowest BCUT2D eigenvalue weighted by molar-refractivity contribution is -0.167. The molecule has 0 aromatic carbocycles. The van der Waals surface area contributed by atoms with Crippen LogP contribution in [0.15, 0.2) is 0 Å². The van der Waals surface area contributed by atoms with E-state index in [1.165, 1.54) is 180 Å². The molecule has 0 N–H and O–H groups in total. The number of esters is 3. The summed E-state index contributed by atoms with van der Waals surface area (Å²) >= 11 is 0. The van der Waals surface area contributed by atoms with Crippen molar-refractivity contribution in [2.75, 3.05) is 13.2 Å². The lowest BCUT2D eigenvalue weighted by Crippen LogP contribution is -2.30. The Morgan fingerprint density at radius 1 is 0.333 bits per heavy atom. The minimum absolute atomic E-state index is 0.0630. The van der Waals surface area contributed by atoms with Gasteiger partial charge in [0.05, 0.1) is 0 Å². The van der Waals surface area contributed by atoms with Crippen LogP contribution in [0, 0.1) is 5.92 Å². The van der Waals surface area contributed by atoms with Gasteiger partial charge in [0.2, 0.25) is 0 Å². The smallest absolute Gasteiger partial charge is 0.306 e. The molecule has 0 fully saturated rings. The minimum Gasteiger partial charge on any atom is -0.462 e. The fraction of sp³-hybridized carbons (Fsp3) is 0.941. The van der Waals surface area contributed by atoms with Gasteiger partial charge in [-0.3, -0.25) is 14.4 Å². The van der Waals surface area contributed by atoms with Crippen molar-refractivity contribution in [3.05, 3.63) is 0 Å². The van der Waals surface area contributed by atoms with Crippen LogP contribution in [0.5, 0.6) is 0 Å². The van der Waals surface area contributed by atoms with Gasteiger partial charge >= 0.3 is 17.9 Å². The van der Waals surface area contributed by atoms with Gasteiger partial charge in [0.1, 0.15) is 13.2 Å². The summed E-state index contributed by atoms with van der Waals surface area (Å²) in [6.07, 6.45) is 46.5. The third-order valence-electron chi connectivity index (χ3n) is 11.5. The summed E-state index contributed by atoms with van der Waals surface area (Å²) in [5.41, 5.74) is 0. The molecule has 0 unspecified atom stereocenters. The molecule has 0 aromatic rings. The average molecular weight is 807 g/mol. The van der Waals surface area contributed by atoms with Crippen molar-refractivity contribution in [2.24, 2.45) is 5.92 Å². The van der Waals surface area contributed by atoms with E-state index in [9.17, 15) is 14.4 Å². The molecule has 6 heteroatoms. The van der Waals surface area contributed by atoms with Gasteiger partial charge in [0.25, 0.3) is 0 Å². The summed E-state index contributed by atoms with van der Waals surface area (Å²) < 4.78 is 16.8. The molecule has 57 heavy (non-hydrogen) atoms. The molecule has 0 amide bonds. The van der Waals surface area contributed by atoms with Gasteiger partial charge in [-0.25, -0.2) is 0 Å². The second-order valence-electron chi connectivity index (χ2n) is 17.9. The lowest BCUT2D eigenvalue weighted by atomic mass is 10.0. The topological polar surface area (TPSA) is 78.9 Å². The largest absolute Gasteiger partial charge is 0.462 e. The van der Waals surface area contributed by atoms with E-state index >= 15 is 0 Å². The normalized spacial score (nSPS) is 11.9. The summed E-state index contributed by atoms with van der Waals surface area (Å²) in [7, 11) is 0. The zero-order chi connectivity index (χ0) is 41.7. The molecule has 0 rings (SSSR count). The molecule has 0 radical (unpaired) electrons. The van der Waals surface area contributed by atoms with Crippen LogP contribution in [-0.2, 0) is 28.6 Å². The molecule has 0 aromatic heterocycles. The van der Waals surface area contributed by atoms with Crippen LogP contribution >= 0.6 is 0 Å². The van der Waals surface area contributed by atoms with Crippen LogP contribution in [0.3, 0.4) is 0 Å². The summed E-state index contributed by atoms with van der Waals surface area (Å²) in [6, 6.07) is 0. The molecule has 0 aliphatic rings. The maximum atomic E-state index is 12.8. The first-order chi connectivity index (χ1) is 27.9. The SMILES string of the molecule is CCCCCCCCCCCCCCCCC(=O)OC[C@@H](COC(=O)CCCCCCCCCCCCCC)OC(=O)CCCCCCCCCCCCC(C)C. The van der Waals surface area contributed by atoms with Crippen LogP contribution in [0.1, 0.15) is 285 Å². The Labute approximate surface area is 355 Å². The lowest BCUT2D eigenvalue weighted by Gasteiger charge is -2.18. The zero-order valence-electron chi connectivity index (χ0n) is 38.8. The van der Waals surface area contributed by atoms with E-state index in [1.807, 2.05) is 0 Å². The van der Waals surface area contributed by atoms with Gasteiger partial charge in [-0.2, -0.15) is 0 Å². The molecule has 0 bridgehead atoms. The van der Waals surface area contributed by atoms with Gasteiger partial charge in [-0.15, -0.1) is 0 Å². The molecular formula is C51H98O6. The second-order valence-corrected chi connectivity index (χ2v) is 17.9. The maximum Gasteiger partial charge on any atom is 0.306 e. The first kappa shape index (κ1) is 55.4. The van der Waals surface area contributed by atoms with Crippen molar-refractivity contribution < 1.29 is 28.6 Å².